The van der Waals surface area contributed by atoms with Gasteiger partial charge in [-0.2, -0.15) is 0 Å². The van der Waals surface area contributed by atoms with Crippen LogP contribution in [0.25, 0.3) is 0 Å². The fourth-order valence-electron chi connectivity index (χ4n) is 1.66. The van der Waals surface area contributed by atoms with E-state index in [2.05, 4.69) is 5.32 Å². The van der Waals surface area contributed by atoms with Crippen molar-refractivity contribution in [2.75, 3.05) is 20.3 Å². The van der Waals surface area contributed by atoms with Crippen molar-refractivity contribution in [3.63, 3.8) is 0 Å². The topological polar surface area (TPSA) is 67.8 Å². The van der Waals surface area contributed by atoms with E-state index < -0.39 is 12.1 Å². The first-order valence-electron chi connectivity index (χ1n) is 6.46. The molecule has 0 bridgehead atoms. The molecule has 20 heavy (non-hydrogen) atoms. The summed E-state index contributed by atoms with van der Waals surface area (Å²) in [6.45, 7) is 3.60. The molecule has 1 unspecified atom stereocenters. The van der Waals surface area contributed by atoms with Crippen molar-refractivity contribution < 1.29 is 19.4 Å². The molecule has 0 fully saturated rings. The van der Waals surface area contributed by atoms with Crippen LogP contribution >= 0.6 is 11.6 Å². The number of rotatable bonds is 9. The Hall–Kier alpha value is -1.30. The van der Waals surface area contributed by atoms with Crippen LogP contribution in [0.4, 0.5) is 0 Å². The third kappa shape index (κ3) is 5.36. The van der Waals surface area contributed by atoms with Crippen LogP contribution in [-0.4, -0.2) is 37.4 Å². The smallest absolute Gasteiger partial charge is 0.344 e. The van der Waals surface area contributed by atoms with Crippen LogP contribution in [0.1, 0.15) is 18.9 Å². The lowest BCUT2D eigenvalue weighted by atomic mass is 10.2. The fraction of sp³-hybridized carbons (Fsp3) is 0.500. The fourth-order valence-corrected chi connectivity index (χ4v) is 1.85. The molecule has 0 heterocycles. The Morgan fingerprint density at radius 2 is 2.25 bits per heavy atom. The van der Waals surface area contributed by atoms with Gasteiger partial charge in [-0.15, -0.1) is 0 Å². The predicted octanol–water partition coefficient (Wildman–Crippen LogP) is 2.32. The average molecular weight is 302 g/mol. The summed E-state index contributed by atoms with van der Waals surface area (Å²) >= 11 is 5.97. The van der Waals surface area contributed by atoms with Gasteiger partial charge in [-0.3, -0.25) is 0 Å². The lowest BCUT2D eigenvalue weighted by molar-refractivity contribution is -0.145. The first-order valence-corrected chi connectivity index (χ1v) is 6.83. The van der Waals surface area contributed by atoms with Crippen molar-refractivity contribution in [3.8, 4) is 5.75 Å². The van der Waals surface area contributed by atoms with Gasteiger partial charge < -0.3 is 19.9 Å². The minimum Gasteiger partial charge on any atom is -0.479 e. The molecule has 0 spiro atoms. The molecule has 1 rings (SSSR count). The molecule has 6 heteroatoms. The highest BCUT2D eigenvalue weighted by atomic mass is 35.5. The molecule has 5 nitrogen and oxygen atoms in total. The monoisotopic (exact) mass is 301 g/mol. The molecule has 1 atom stereocenters. The number of carboxylic acids is 1. The summed E-state index contributed by atoms with van der Waals surface area (Å²) in [6.07, 6.45) is -0.456. The zero-order chi connectivity index (χ0) is 15.0. The average Bonchev–Trinajstić information content (AvgIpc) is 2.42. The van der Waals surface area contributed by atoms with Crippen LogP contribution < -0.4 is 10.1 Å². The van der Waals surface area contributed by atoms with Crippen LogP contribution in [0.2, 0.25) is 5.02 Å². The quantitative estimate of drug-likeness (QED) is 0.685. The number of benzene rings is 1. The van der Waals surface area contributed by atoms with Crippen LogP contribution in [0, 0.1) is 0 Å². The highest BCUT2D eigenvalue weighted by Crippen LogP contribution is 2.24. The molecule has 0 aromatic heterocycles. The maximum Gasteiger partial charge on any atom is 0.344 e. The Balaban J connectivity index is 2.75. The number of methoxy groups -OCH3 is 1. The Morgan fingerprint density at radius 1 is 1.50 bits per heavy atom. The van der Waals surface area contributed by atoms with Crippen LogP contribution in [0.5, 0.6) is 5.75 Å². The third-order valence-corrected chi connectivity index (χ3v) is 2.97. The summed E-state index contributed by atoms with van der Waals surface area (Å²) in [7, 11) is 1.63. The van der Waals surface area contributed by atoms with Gasteiger partial charge in [-0.25, -0.2) is 4.79 Å². The molecule has 0 amide bonds. The maximum atomic E-state index is 11.0. The van der Waals surface area contributed by atoms with Gasteiger partial charge in [0.25, 0.3) is 0 Å². The largest absolute Gasteiger partial charge is 0.479 e. The van der Waals surface area contributed by atoms with E-state index in [-0.39, 0.29) is 0 Å². The van der Waals surface area contributed by atoms with Crippen molar-refractivity contribution in [2.24, 2.45) is 0 Å². The second-order valence-corrected chi connectivity index (χ2v) is 4.71. The minimum absolute atomic E-state index is 0.397. The van der Waals surface area contributed by atoms with Gasteiger partial charge in [0.2, 0.25) is 0 Å². The van der Waals surface area contributed by atoms with Gasteiger partial charge >= 0.3 is 5.97 Å². The van der Waals surface area contributed by atoms with Crippen molar-refractivity contribution in [1.82, 2.24) is 5.32 Å². The molecule has 1 aromatic rings. The summed E-state index contributed by atoms with van der Waals surface area (Å²) in [5.74, 6) is -0.436. The zero-order valence-electron chi connectivity index (χ0n) is 11.7. The van der Waals surface area contributed by atoms with Gasteiger partial charge in [0, 0.05) is 30.8 Å². The highest BCUT2D eigenvalue weighted by Gasteiger charge is 2.18. The number of aliphatic carboxylic acids is 1. The molecular formula is C14H20ClNO4. The number of carboxylic acid groups (broad SMARTS) is 1. The van der Waals surface area contributed by atoms with Gasteiger partial charge in [-0.05, 0) is 24.6 Å². The van der Waals surface area contributed by atoms with E-state index in [1.165, 1.54) is 0 Å². The number of nitrogens with one attached hydrogen (secondary N) is 1. The lowest BCUT2D eigenvalue weighted by Gasteiger charge is -2.17. The summed E-state index contributed by atoms with van der Waals surface area (Å²) in [5, 5.41) is 12.8. The SMILES string of the molecule is CCC(Oc1ccc(Cl)cc1CNCCOC)C(=O)O. The van der Waals surface area contributed by atoms with Crippen LogP contribution in [0.3, 0.4) is 0 Å². The highest BCUT2D eigenvalue weighted by molar-refractivity contribution is 6.30. The van der Waals surface area contributed by atoms with E-state index in [0.717, 1.165) is 5.56 Å². The number of ether oxygens (including phenoxy) is 2. The molecular weight excluding hydrogens is 282 g/mol. The van der Waals surface area contributed by atoms with Crippen LogP contribution in [-0.2, 0) is 16.1 Å². The molecule has 0 saturated carbocycles. The maximum absolute atomic E-state index is 11.0. The molecule has 2 N–H and O–H groups in total. The van der Waals surface area contributed by atoms with Crippen molar-refractivity contribution in [1.29, 1.82) is 0 Å². The van der Waals surface area contributed by atoms with Crippen molar-refractivity contribution in [3.05, 3.63) is 28.8 Å². The van der Waals surface area contributed by atoms with Gasteiger partial charge in [-0.1, -0.05) is 18.5 Å². The normalized spacial score (nSPS) is 12.2. The Kier molecular flexibility index (Phi) is 7.36. The Morgan fingerprint density at radius 3 is 2.85 bits per heavy atom. The first-order chi connectivity index (χ1) is 9.58. The number of hydrogen-bond acceptors (Lipinski definition) is 4. The van der Waals surface area contributed by atoms with E-state index in [1.54, 1.807) is 32.2 Å². The van der Waals surface area contributed by atoms with Gasteiger partial charge in [0.15, 0.2) is 6.10 Å². The molecule has 0 radical (unpaired) electrons. The summed E-state index contributed by atoms with van der Waals surface area (Å²) < 4.78 is 10.5. The van der Waals surface area contributed by atoms with Gasteiger partial charge in [0.1, 0.15) is 5.75 Å². The summed E-state index contributed by atoms with van der Waals surface area (Å²) in [6, 6.07) is 5.15. The second kappa shape index (κ2) is 8.79. The second-order valence-electron chi connectivity index (χ2n) is 4.27. The Labute approximate surface area is 123 Å². The number of carbonyl (C=O) groups is 1. The van der Waals surface area contributed by atoms with E-state index >= 15 is 0 Å². The zero-order valence-corrected chi connectivity index (χ0v) is 12.4. The third-order valence-electron chi connectivity index (χ3n) is 2.74. The summed E-state index contributed by atoms with van der Waals surface area (Å²) in [4.78, 5) is 11.0. The van der Waals surface area contributed by atoms with Gasteiger partial charge in [0.05, 0.1) is 6.61 Å². The van der Waals surface area contributed by atoms with E-state index in [4.69, 9.17) is 26.2 Å². The van der Waals surface area contributed by atoms with Crippen molar-refractivity contribution >= 4 is 17.6 Å². The minimum atomic E-state index is -0.972. The Bertz CT molecular complexity index is 439. The standard InChI is InChI=1S/C14H20ClNO4/c1-3-12(14(17)18)20-13-5-4-11(15)8-10(13)9-16-6-7-19-2/h4-5,8,12,16H,3,6-7,9H2,1-2H3,(H,17,18). The predicted molar refractivity (Wildman–Crippen MR) is 77.4 cm³/mol. The molecule has 0 aliphatic heterocycles. The van der Waals surface area contributed by atoms with E-state index in [9.17, 15) is 4.79 Å². The van der Waals surface area contributed by atoms with E-state index in [0.29, 0.717) is 36.9 Å². The van der Waals surface area contributed by atoms with Crippen molar-refractivity contribution in [2.45, 2.75) is 26.0 Å². The lowest BCUT2D eigenvalue weighted by Crippen LogP contribution is -2.27. The number of hydrogen-bond donors (Lipinski definition) is 2. The van der Waals surface area contributed by atoms with Crippen LogP contribution in [0.15, 0.2) is 18.2 Å². The molecule has 112 valence electrons. The molecule has 0 aliphatic carbocycles. The van der Waals surface area contributed by atoms with E-state index in [1.807, 2.05) is 0 Å². The molecule has 0 aliphatic rings. The molecule has 1 aromatic carbocycles. The number of halogens is 1. The summed E-state index contributed by atoms with van der Waals surface area (Å²) in [5.41, 5.74) is 0.827. The first kappa shape index (κ1) is 16.8. The molecule has 0 saturated heterocycles.